The summed E-state index contributed by atoms with van der Waals surface area (Å²) in [5.41, 5.74) is 3.42. The molecule has 1 atom stereocenters. The second-order valence-electron chi connectivity index (χ2n) is 8.16. The molecule has 0 aliphatic carbocycles. The Morgan fingerprint density at radius 3 is 3.07 bits per heavy atom. The predicted molar refractivity (Wildman–Crippen MR) is 108 cm³/mol. The van der Waals surface area contributed by atoms with Crippen molar-refractivity contribution in [2.24, 2.45) is 0 Å². The summed E-state index contributed by atoms with van der Waals surface area (Å²) in [5.74, 6) is 0.569. The molecule has 4 heterocycles. The van der Waals surface area contributed by atoms with Gasteiger partial charge in [-0.1, -0.05) is 6.07 Å². The minimum Gasteiger partial charge on any atom is -0.350 e. The van der Waals surface area contributed by atoms with Crippen LogP contribution < -0.4 is 0 Å². The van der Waals surface area contributed by atoms with Gasteiger partial charge >= 0.3 is 0 Å². The highest BCUT2D eigenvalue weighted by atomic mass is 19.1. The van der Waals surface area contributed by atoms with Crippen LogP contribution in [0.1, 0.15) is 46.3 Å². The largest absolute Gasteiger partial charge is 0.350 e. The lowest BCUT2D eigenvalue weighted by Gasteiger charge is -2.32. The lowest BCUT2D eigenvalue weighted by atomic mass is 9.96. The molecule has 2 aliphatic heterocycles. The van der Waals surface area contributed by atoms with Crippen molar-refractivity contribution in [3.8, 4) is 0 Å². The molecule has 0 bridgehead atoms. The molecule has 2 aromatic heterocycles. The van der Waals surface area contributed by atoms with E-state index in [2.05, 4.69) is 21.9 Å². The van der Waals surface area contributed by atoms with Gasteiger partial charge in [-0.25, -0.2) is 14.4 Å². The number of likely N-dealkylation sites (N-methyl/N-ethyl adjacent to an activating group) is 1. The van der Waals surface area contributed by atoms with Gasteiger partial charge in [0.25, 0.3) is 5.91 Å². The van der Waals surface area contributed by atoms with Crippen LogP contribution in [0.5, 0.6) is 0 Å². The molecule has 1 amide bonds. The molecular formula is C22H24FN5O. The van der Waals surface area contributed by atoms with Crippen LogP contribution in [0.15, 0.2) is 30.5 Å². The first-order valence-corrected chi connectivity index (χ1v) is 10.2. The number of aromatic nitrogens is 3. The van der Waals surface area contributed by atoms with E-state index in [1.165, 1.54) is 11.6 Å². The van der Waals surface area contributed by atoms with E-state index < -0.39 is 0 Å². The Kier molecular flexibility index (Phi) is 4.54. The molecule has 6 nitrogen and oxygen atoms in total. The van der Waals surface area contributed by atoms with Gasteiger partial charge in [-0.3, -0.25) is 4.79 Å². The fourth-order valence-corrected chi connectivity index (χ4v) is 4.45. The van der Waals surface area contributed by atoms with Crippen molar-refractivity contribution in [3.63, 3.8) is 0 Å². The topological polar surface area (TPSA) is 65.1 Å². The number of nitrogens with zero attached hydrogens (tertiary/aromatic N) is 4. The number of likely N-dealkylation sites (tertiary alicyclic amines) is 1. The molecule has 5 rings (SSSR count). The van der Waals surface area contributed by atoms with Crippen molar-refractivity contribution in [3.05, 3.63) is 59.1 Å². The number of hydrogen-bond donors (Lipinski definition) is 1. The summed E-state index contributed by atoms with van der Waals surface area (Å²) in [4.78, 5) is 29.7. The van der Waals surface area contributed by atoms with E-state index in [1.54, 1.807) is 18.2 Å². The van der Waals surface area contributed by atoms with E-state index in [9.17, 15) is 9.18 Å². The molecule has 0 unspecified atom stereocenters. The van der Waals surface area contributed by atoms with Crippen LogP contribution in [0.3, 0.4) is 0 Å². The zero-order valence-electron chi connectivity index (χ0n) is 16.5. The van der Waals surface area contributed by atoms with E-state index in [4.69, 9.17) is 4.98 Å². The highest BCUT2D eigenvalue weighted by Gasteiger charge is 2.29. The molecule has 2 aliphatic rings. The number of hydrogen-bond acceptors (Lipinski definition) is 4. The Labute approximate surface area is 168 Å². The van der Waals surface area contributed by atoms with E-state index >= 15 is 0 Å². The number of carbonyl (C=O) groups is 1. The number of nitrogens with one attached hydrogen (secondary N) is 1. The summed E-state index contributed by atoms with van der Waals surface area (Å²) in [6.45, 7) is 3.19. The average Bonchev–Trinajstić information content (AvgIpc) is 3.19. The standard InChI is InChI=1S/C22H24FN5O/c1-27-9-7-18-15(12-27)11-24-21(26-18)14-4-3-8-28(13-14)22(29)20-10-16-17(23)5-2-6-19(16)25-20/h2,5-6,10-11,14,25H,3-4,7-9,12-13H2,1H3/t14-/m0/s1. The first-order valence-electron chi connectivity index (χ1n) is 10.2. The van der Waals surface area contributed by atoms with Crippen LogP contribution >= 0.6 is 0 Å². The Morgan fingerprint density at radius 2 is 2.21 bits per heavy atom. The highest BCUT2D eigenvalue weighted by molar-refractivity contribution is 5.98. The fourth-order valence-electron chi connectivity index (χ4n) is 4.45. The number of amides is 1. The van der Waals surface area contributed by atoms with Crippen molar-refractivity contribution in [2.75, 3.05) is 26.7 Å². The Bertz CT molecular complexity index is 1080. The molecule has 0 spiro atoms. The molecule has 150 valence electrons. The molecule has 3 aromatic rings. The maximum atomic E-state index is 14.0. The van der Waals surface area contributed by atoms with Crippen LogP contribution in [0.4, 0.5) is 4.39 Å². The number of piperidine rings is 1. The first-order chi connectivity index (χ1) is 14.1. The lowest BCUT2D eigenvalue weighted by Crippen LogP contribution is -2.40. The zero-order chi connectivity index (χ0) is 20.0. The lowest BCUT2D eigenvalue weighted by molar-refractivity contribution is 0.0699. The summed E-state index contributed by atoms with van der Waals surface area (Å²) < 4.78 is 14.0. The van der Waals surface area contributed by atoms with E-state index in [0.717, 1.165) is 43.9 Å². The van der Waals surface area contributed by atoms with Gasteiger partial charge in [0.2, 0.25) is 0 Å². The first kappa shape index (κ1) is 18.2. The number of fused-ring (bicyclic) bond motifs is 2. The molecule has 0 radical (unpaired) electrons. The third-order valence-corrected chi connectivity index (χ3v) is 6.06. The summed E-state index contributed by atoms with van der Waals surface area (Å²) in [5, 5.41) is 0.451. The molecular weight excluding hydrogens is 369 g/mol. The number of halogens is 1. The van der Waals surface area contributed by atoms with Crippen molar-refractivity contribution in [1.29, 1.82) is 0 Å². The third-order valence-electron chi connectivity index (χ3n) is 6.06. The van der Waals surface area contributed by atoms with E-state index in [1.807, 2.05) is 11.1 Å². The van der Waals surface area contributed by atoms with Gasteiger partial charge in [0, 0.05) is 66.9 Å². The summed E-state index contributed by atoms with van der Waals surface area (Å²) in [7, 11) is 2.11. The highest BCUT2D eigenvalue weighted by Crippen LogP contribution is 2.28. The van der Waals surface area contributed by atoms with Crippen molar-refractivity contribution in [2.45, 2.75) is 31.7 Å². The van der Waals surface area contributed by atoms with Crippen LogP contribution in [-0.4, -0.2) is 57.3 Å². The zero-order valence-corrected chi connectivity index (χ0v) is 16.5. The van der Waals surface area contributed by atoms with E-state index in [-0.39, 0.29) is 17.6 Å². The van der Waals surface area contributed by atoms with Gasteiger partial charge in [0.05, 0.1) is 0 Å². The maximum absolute atomic E-state index is 14.0. The minimum absolute atomic E-state index is 0.0927. The number of H-pyrrole nitrogens is 1. The fraction of sp³-hybridized carbons (Fsp3) is 0.409. The van der Waals surface area contributed by atoms with Gasteiger partial charge in [-0.15, -0.1) is 0 Å². The maximum Gasteiger partial charge on any atom is 0.270 e. The van der Waals surface area contributed by atoms with Gasteiger partial charge < -0.3 is 14.8 Å². The van der Waals surface area contributed by atoms with Crippen LogP contribution in [0.2, 0.25) is 0 Å². The Morgan fingerprint density at radius 1 is 1.31 bits per heavy atom. The van der Waals surface area contributed by atoms with Crippen molar-refractivity contribution >= 4 is 16.8 Å². The Balaban J connectivity index is 1.36. The quantitative estimate of drug-likeness (QED) is 0.727. The SMILES string of the molecule is CN1CCc2nc([C@H]3CCCN(C(=O)c4cc5c(F)cccc5[nH]4)C3)ncc2C1. The molecule has 1 N–H and O–H groups in total. The second-order valence-corrected chi connectivity index (χ2v) is 8.16. The van der Waals surface area contributed by atoms with Crippen LogP contribution in [0, 0.1) is 5.82 Å². The summed E-state index contributed by atoms with van der Waals surface area (Å²) in [6, 6.07) is 6.45. The normalized spacial score (nSPS) is 20.1. The molecule has 1 fully saturated rings. The summed E-state index contributed by atoms with van der Waals surface area (Å²) in [6.07, 6.45) is 4.78. The van der Waals surface area contributed by atoms with Gasteiger partial charge in [0.15, 0.2) is 0 Å². The van der Waals surface area contributed by atoms with Crippen LogP contribution in [-0.2, 0) is 13.0 Å². The number of aromatic amines is 1. The van der Waals surface area contributed by atoms with Crippen LogP contribution in [0.25, 0.3) is 10.9 Å². The Hall–Kier alpha value is -2.80. The molecule has 0 saturated carbocycles. The monoisotopic (exact) mass is 393 g/mol. The molecule has 29 heavy (non-hydrogen) atoms. The predicted octanol–water partition coefficient (Wildman–Crippen LogP) is 3.10. The smallest absolute Gasteiger partial charge is 0.270 e. The molecule has 7 heteroatoms. The third kappa shape index (κ3) is 3.40. The molecule has 1 aromatic carbocycles. The van der Waals surface area contributed by atoms with Gasteiger partial charge in [-0.05, 0) is 38.1 Å². The minimum atomic E-state index is -0.317. The average molecular weight is 393 g/mol. The molecule has 1 saturated heterocycles. The van der Waals surface area contributed by atoms with Crippen molar-refractivity contribution < 1.29 is 9.18 Å². The van der Waals surface area contributed by atoms with Crippen molar-refractivity contribution in [1.82, 2.24) is 24.8 Å². The second kappa shape index (κ2) is 7.22. The number of benzene rings is 1. The van der Waals surface area contributed by atoms with Gasteiger partial charge in [0.1, 0.15) is 17.3 Å². The number of carbonyl (C=O) groups excluding carboxylic acids is 1. The van der Waals surface area contributed by atoms with Gasteiger partial charge in [-0.2, -0.15) is 0 Å². The van der Waals surface area contributed by atoms with E-state index in [0.29, 0.717) is 29.7 Å². The number of rotatable bonds is 2. The summed E-state index contributed by atoms with van der Waals surface area (Å²) >= 11 is 0.